The third-order valence-corrected chi connectivity index (χ3v) is 4.66. The van der Waals surface area contributed by atoms with Gasteiger partial charge in [0.1, 0.15) is 11.3 Å². The molecule has 0 aliphatic carbocycles. The molecule has 0 saturated carbocycles. The van der Waals surface area contributed by atoms with E-state index in [1.165, 1.54) is 4.52 Å². The van der Waals surface area contributed by atoms with Crippen molar-refractivity contribution in [2.45, 2.75) is 13.8 Å². The van der Waals surface area contributed by atoms with E-state index in [0.29, 0.717) is 17.3 Å². The van der Waals surface area contributed by atoms with Crippen LogP contribution >= 0.6 is 0 Å². The van der Waals surface area contributed by atoms with E-state index < -0.39 is 0 Å². The molecule has 4 heterocycles. The number of hydrogen-bond acceptors (Lipinski definition) is 6. The van der Waals surface area contributed by atoms with E-state index in [0.717, 1.165) is 33.2 Å². The first-order valence-corrected chi connectivity index (χ1v) is 8.66. The predicted octanol–water partition coefficient (Wildman–Crippen LogP) is 3.63. The zero-order valence-electron chi connectivity index (χ0n) is 15.1. The van der Waals surface area contributed by atoms with Crippen molar-refractivity contribution in [1.82, 2.24) is 24.8 Å². The van der Waals surface area contributed by atoms with Crippen molar-refractivity contribution in [3.05, 3.63) is 70.6 Å². The minimum absolute atomic E-state index is 0.367. The minimum Gasteiger partial charge on any atom is -0.464 e. The molecule has 0 radical (unpaired) electrons. The molecule has 0 aliphatic heterocycles. The van der Waals surface area contributed by atoms with E-state index in [4.69, 9.17) is 9.15 Å². The number of rotatable bonds is 3. The number of aryl methyl sites for hydroxylation is 2. The summed E-state index contributed by atoms with van der Waals surface area (Å²) in [4.78, 5) is 16.1. The van der Waals surface area contributed by atoms with Crippen LogP contribution in [0, 0.1) is 13.8 Å². The summed E-state index contributed by atoms with van der Waals surface area (Å²) >= 11 is 0. The van der Waals surface area contributed by atoms with Gasteiger partial charge in [-0.25, -0.2) is 14.9 Å². The van der Waals surface area contributed by atoms with Crippen LogP contribution in [-0.4, -0.2) is 24.8 Å². The van der Waals surface area contributed by atoms with Crippen LogP contribution in [0.4, 0.5) is 0 Å². The maximum Gasteiger partial charge on any atom is 0.364 e. The van der Waals surface area contributed by atoms with Gasteiger partial charge in [-0.05, 0) is 54.8 Å². The van der Waals surface area contributed by atoms with Gasteiger partial charge in [0.2, 0.25) is 5.88 Å². The number of fused-ring (bicyclic) bond motifs is 2. The van der Waals surface area contributed by atoms with Gasteiger partial charge in [-0.1, -0.05) is 6.07 Å². The lowest BCUT2D eigenvalue weighted by Gasteiger charge is -2.12. The van der Waals surface area contributed by atoms with Gasteiger partial charge in [-0.2, -0.15) is 14.7 Å². The Balaban J connectivity index is 1.59. The molecule has 8 nitrogen and oxygen atoms in total. The van der Waals surface area contributed by atoms with Crippen molar-refractivity contribution in [2.24, 2.45) is 0 Å². The van der Waals surface area contributed by atoms with Gasteiger partial charge in [-0.15, -0.1) is 0 Å². The number of furan rings is 1. The zero-order valence-corrected chi connectivity index (χ0v) is 15.1. The number of nitrogens with zero attached hydrogens (tertiary/aromatic N) is 4. The number of nitrogens with one attached hydrogen (secondary N) is 1. The molecule has 0 aliphatic rings. The van der Waals surface area contributed by atoms with Gasteiger partial charge >= 0.3 is 5.69 Å². The lowest BCUT2D eigenvalue weighted by molar-refractivity contribution is 0.468. The molecule has 0 fully saturated rings. The predicted molar refractivity (Wildman–Crippen MR) is 103 cm³/mol. The van der Waals surface area contributed by atoms with E-state index >= 15 is 0 Å². The average Bonchev–Trinajstić information content (AvgIpc) is 3.30. The van der Waals surface area contributed by atoms with Crippen molar-refractivity contribution in [2.75, 3.05) is 0 Å². The van der Waals surface area contributed by atoms with Gasteiger partial charge in [0.15, 0.2) is 5.65 Å². The summed E-state index contributed by atoms with van der Waals surface area (Å²) in [6.45, 7) is 3.92. The van der Waals surface area contributed by atoms with Crippen molar-refractivity contribution in [3.63, 3.8) is 0 Å². The highest BCUT2D eigenvalue weighted by atomic mass is 16.5. The van der Waals surface area contributed by atoms with Crippen molar-refractivity contribution < 1.29 is 9.15 Å². The summed E-state index contributed by atoms with van der Waals surface area (Å²) in [6.07, 6.45) is 4.91. The lowest BCUT2D eigenvalue weighted by Crippen LogP contribution is -2.12. The van der Waals surface area contributed by atoms with Crippen LogP contribution in [0.25, 0.3) is 27.7 Å². The minimum atomic E-state index is -0.367. The first kappa shape index (κ1) is 16.2. The third-order valence-electron chi connectivity index (χ3n) is 4.66. The molecule has 0 amide bonds. The highest BCUT2D eigenvalue weighted by Crippen LogP contribution is 2.33. The summed E-state index contributed by atoms with van der Waals surface area (Å²) in [5.74, 6) is 1.14. The molecule has 1 aromatic carbocycles. The largest absolute Gasteiger partial charge is 0.464 e. The molecule has 0 saturated heterocycles. The molecule has 1 N–H and O–H groups in total. The standard InChI is InChI=1S/C20H15N5O3/c1-11-9-13(28-19-15-6-8-27-16(15)5-7-21-19)3-4-14(11)17-12(2)10-22-25-18(17)23-24-20(25)26/h3-10H,1-2H3,(H,24,26). The fourth-order valence-corrected chi connectivity index (χ4v) is 3.32. The lowest BCUT2D eigenvalue weighted by atomic mass is 9.98. The normalized spacial score (nSPS) is 11.4. The van der Waals surface area contributed by atoms with Crippen LogP contribution in [0.3, 0.4) is 0 Å². The Hall–Kier alpha value is -3.94. The second-order valence-electron chi connectivity index (χ2n) is 6.49. The number of hydrogen-bond donors (Lipinski definition) is 1. The molecule has 0 spiro atoms. The number of H-pyrrole nitrogens is 1. The number of ether oxygens (including phenoxy) is 1. The van der Waals surface area contributed by atoms with Crippen molar-refractivity contribution in [3.8, 4) is 22.8 Å². The van der Waals surface area contributed by atoms with Gasteiger partial charge in [0.05, 0.1) is 17.8 Å². The Bertz CT molecular complexity index is 1400. The molecule has 0 bridgehead atoms. The second-order valence-corrected chi connectivity index (χ2v) is 6.49. The Labute approximate surface area is 158 Å². The fourth-order valence-electron chi connectivity index (χ4n) is 3.32. The van der Waals surface area contributed by atoms with Crippen LogP contribution in [0.15, 0.2) is 58.2 Å². The topological polar surface area (TPSA) is 98.3 Å². The van der Waals surface area contributed by atoms with Gasteiger partial charge in [0, 0.05) is 11.8 Å². The Morgan fingerprint density at radius 3 is 2.89 bits per heavy atom. The van der Waals surface area contributed by atoms with Gasteiger partial charge in [0.25, 0.3) is 0 Å². The number of aromatic nitrogens is 5. The molecular weight excluding hydrogens is 358 g/mol. The van der Waals surface area contributed by atoms with Crippen LogP contribution in [0.2, 0.25) is 0 Å². The third kappa shape index (κ3) is 2.46. The molecule has 4 aromatic heterocycles. The van der Waals surface area contributed by atoms with E-state index in [9.17, 15) is 4.79 Å². The average molecular weight is 373 g/mol. The molecule has 0 atom stereocenters. The summed E-state index contributed by atoms with van der Waals surface area (Å²) in [5.41, 5.74) is 4.55. The molecule has 5 rings (SSSR count). The summed E-state index contributed by atoms with van der Waals surface area (Å²) in [5, 5.41) is 11.5. The maximum atomic E-state index is 11.8. The Kier molecular flexibility index (Phi) is 3.51. The highest BCUT2D eigenvalue weighted by Gasteiger charge is 2.15. The fraction of sp³-hybridized carbons (Fsp3) is 0.100. The molecule has 138 valence electrons. The van der Waals surface area contributed by atoms with E-state index in [1.54, 1.807) is 24.7 Å². The number of pyridine rings is 1. The van der Waals surface area contributed by atoms with Gasteiger partial charge < -0.3 is 9.15 Å². The van der Waals surface area contributed by atoms with E-state index in [2.05, 4.69) is 20.3 Å². The van der Waals surface area contributed by atoms with Crippen LogP contribution in [-0.2, 0) is 0 Å². The molecule has 8 heteroatoms. The van der Waals surface area contributed by atoms with Crippen molar-refractivity contribution >= 4 is 16.6 Å². The van der Waals surface area contributed by atoms with E-state index in [-0.39, 0.29) is 5.69 Å². The first-order valence-electron chi connectivity index (χ1n) is 8.66. The SMILES string of the molecule is Cc1cc(Oc2nccc3occc23)ccc1-c1c(C)cnn2c(=O)[nH]nc12. The van der Waals surface area contributed by atoms with Crippen molar-refractivity contribution in [1.29, 1.82) is 0 Å². The highest BCUT2D eigenvalue weighted by molar-refractivity contribution is 5.83. The number of aromatic amines is 1. The quantitative estimate of drug-likeness (QED) is 0.518. The number of benzene rings is 1. The second kappa shape index (κ2) is 6.05. The summed E-state index contributed by atoms with van der Waals surface area (Å²) < 4.78 is 12.6. The monoisotopic (exact) mass is 373 g/mol. The smallest absolute Gasteiger partial charge is 0.364 e. The van der Waals surface area contributed by atoms with Crippen LogP contribution in [0.1, 0.15) is 11.1 Å². The first-order chi connectivity index (χ1) is 13.6. The molecule has 0 unspecified atom stereocenters. The van der Waals surface area contributed by atoms with Crippen LogP contribution < -0.4 is 10.4 Å². The van der Waals surface area contributed by atoms with E-state index in [1.807, 2.05) is 38.1 Å². The molecule has 5 aromatic rings. The zero-order chi connectivity index (χ0) is 19.3. The molecular formula is C20H15N5O3. The summed E-state index contributed by atoms with van der Waals surface area (Å²) in [7, 11) is 0. The Morgan fingerprint density at radius 1 is 1.14 bits per heavy atom. The maximum absolute atomic E-state index is 11.8. The van der Waals surface area contributed by atoms with Crippen LogP contribution in [0.5, 0.6) is 11.6 Å². The summed E-state index contributed by atoms with van der Waals surface area (Å²) in [6, 6.07) is 9.36. The molecule has 28 heavy (non-hydrogen) atoms. The van der Waals surface area contributed by atoms with Gasteiger partial charge in [-0.3, -0.25) is 0 Å². The Morgan fingerprint density at radius 2 is 2.04 bits per heavy atom.